The van der Waals surface area contributed by atoms with E-state index in [2.05, 4.69) is 9.88 Å². The van der Waals surface area contributed by atoms with Gasteiger partial charge in [0.2, 0.25) is 0 Å². The molecule has 1 aromatic rings. The zero-order valence-corrected chi connectivity index (χ0v) is 10.2. The van der Waals surface area contributed by atoms with Gasteiger partial charge in [0.15, 0.2) is 5.15 Å². The van der Waals surface area contributed by atoms with Gasteiger partial charge in [-0.15, -0.1) is 0 Å². The molecule has 1 aromatic heterocycles. The normalized spacial score (nSPS) is 11.0. The lowest BCUT2D eigenvalue weighted by Crippen LogP contribution is -2.23. The fourth-order valence-electron chi connectivity index (χ4n) is 1.16. The Labute approximate surface area is 98.4 Å². The molecule has 0 radical (unpaired) electrons. The van der Waals surface area contributed by atoms with E-state index in [1.807, 2.05) is 14.1 Å². The van der Waals surface area contributed by atoms with Crippen LogP contribution in [0.15, 0.2) is 11.1 Å². The molecule has 0 N–H and O–H groups in total. The lowest BCUT2D eigenvalue weighted by Gasteiger charge is -2.10. The lowest BCUT2D eigenvalue weighted by molar-refractivity contribution is 0.384. The van der Waals surface area contributed by atoms with Gasteiger partial charge in [-0.3, -0.25) is 9.36 Å². The highest BCUT2D eigenvalue weighted by molar-refractivity contribution is 6.40. The first-order valence-electron chi connectivity index (χ1n) is 4.57. The third-order valence-electron chi connectivity index (χ3n) is 1.94. The van der Waals surface area contributed by atoms with E-state index in [4.69, 9.17) is 23.2 Å². The first kappa shape index (κ1) is 12.5. The number of hydrogen-bond donors (Lipinski definition) is 0. The maximum Gasteiger partial charge on any atom is 0.273 e. The van der Waals surface area contributed by atoms with Gasteiger partial charge in [-0.05, 0) is 27.1 Å². The van der Waals surface area contributed by atoms with Crippen molar-refractivity contribution in [1.29, 1.82) is 0 Å². The molecule has 0 saturated carbocycles. The van der Waals surface area contributed by atoms with E-state index >= 15 is 0 Å². The summed E-state index contributed by atoms with van der Waals surface area (Å²) in [6, 6.07) is 0. The van der Waals surface area contributed by atoms with Gasteiger partial charge < -0.3 is 4.90 Å². The first-order valence-corrected chi connectivity index (χ1v) is 5.33. The Morgan fingerprint density at radius 2 is 2.13 bits per heavy atom. The highest BCUT2D eigenvalue weighted by Gasteiger charge is 2.06. The minimum Gasteiger partial charge on any atom is -0.309 e. The number of hydrogen-bond acceptors (Lipinski definition) is 3. The fraction of sp³-hybridized carbons (Fsp3) is 0.556. The van der Waals surface area contributed by atoms with E-state index in [0.717, 1.165) is 13.0 Å². The molecule has 0 bridgehead atoms. The molecular formula is C9H13Cl2N3O. The van der Waals surface area contributed by atoms with E-state index in [1.165, 1.54) is 10.9 Å². The molecule has 84 valence electrons. The SMILES string of the molecule is CN(C)CCCn1cnc(Cl)c(Cl)c1=O. The standard InChI is InChI=1S/C9H13Cl2N3O/c1-13(2)4-3-5-14-6-12-8(11)7(10)9(14)15/h6H,3-5H2,1-2H3. The molecule has 0 atom stereocenters. The topological polar surface area (TPSA) is 38.1 Å². The van der Waals surface area contributed by atoms with Crippen molar-refractivity contribution < 1.29 is 0 Å². The van der Waals surface area contributed by atoms with Gasteiger partial charge in [-0.2, -0.15) is 0 Å². The van der Waals surface area contributed by atoms with Crippen LogP contribution in [0.25, 0.3) is 0 Å². The van der Waals surface area contributed by atoms with E-state index in [9.17, 15) is 4.79 Å². The van der Waals surface area contributed by atoms with Crippen molar-refractivity contribution in [1.82, 2.24) is 14.5 Å². The van der Waals surface area contributed by atoms with Crippen molar-refractivity contribution in [2.24, 2.45) is 0 Å². The molecule has 0 aliphatic rings. The summed E-state index contributed by atoms with van der Waals surface area (Å²) in [6.45, 7) is 1.51. The number of aromatic nitrogens is 2. The molecule has 0 spiro atoms. The summed E-state index contributed by atoms with van der Waals surface area (Å²) in [7, 11) is 3.96. The predicted octanol–water partition coefficient (Wildman–Crippen LogP) is 1.50. The summed E-state index contributed by atoms with van der Waals surface area (Å²) < 4.78 is 1.47. The Hall–Kier alpha value is -0.580. The number of nitrogens with zero attached hydrogens (tertiary/aromatic N) is 3. The Balaban J connectivity index is 2.71. The Bertz CT molecular complexity index is 389. The van der Waals surface area contributed by atoms with Gasteiger partial charge in [0.05, 0.1) is 6.33 Å². The first-order chi connectivity index (χ1) is 7.02. The molecule has 0 aliphatic heterocycles. The van der Waals surface area contributed by atoms with Crippen molar-refractivity contribution in [2.45, 2.75) is 13.0 Å². The fourth-order valence-corrected chi connectivity index (χ4v) is 1.44. The zero-order valence-electron chi connectivity index (χ0n) is 8.70. The van der Waals surface area contributed by atoms with Crippen molar-refractivity contribution >= 4 is 23.2 Å². The molecule has 1 heterocycles. The van der Waals surface area contributed by atoms with E-state index < -0.39 is 0 Å². The maximum absolute atomic E-state index is 11.6. The van der Waals surface area contributed by atoms with Crippen molar-refractivity contribution in [3.05, 3.63) is 26.9 Å². The van der Waals surface area contributed by atoms with Crippen LogP contribution in [0.2, 0.25) is 10.2 Å². The minimum absolute atomic E-state index is 0.0102. The maximum atomic E-state index is 11.6. The van der Waals surface area contributed by atoms with Gasteiger partial charge in [0.25, 0.3) is 5.56 Å². The largest absolute Gasteiger partial charge is 0.309 e. The van der Waals surface area contributed by atoms with E-state index in [0.29, 0.717) is 6.54 Å². The summed E-state index contributed by atoms with van der Waals surface area (Å²) in [4.78, 5) is 17.4. The van der Waals surface area contributed by atoms with Crippen molar-refractivity contribution in [2.75, 3.05) is 20.6 Å². The zero-order chi connectivity index (χ0) is 11.4. The Morgan fingerprint density at radius 3 is 2.73 bits per heavy atom. The third kappa shape index (κ3) is 3.48. The van der Waals surface area contributed by atoms with Crippen LogP contribution in [0.3, 0.4) is 0 Å². The number of halogens is 2. The summed E-state index contributed by atoms with van der Waals surface area (Å²) in [6.07, 6.45) is 2.29. The molecule has 4 nitrogen and oxygen atoms in total. The van der Waals surface area contributed by atoms with Gasteiger partial charge in [-0.25, -0.2) is 4.98 Å². The average Bonchev–Trinajstić information content (AvgIpc) is 2.18. The van der Waals surface area contributed by atoms with Gasteiger partial charge in [0.1, 0.15) is 5.02 Å². The van der Waals surface area contributed by atoms with Crippen LogP contribution in [-0.4, -0.2) is 35.1 Å². The summed E-state index contributed by atoms with van der Waals surface area (Å²) >= 11 is 11.3. The average molecular weight is 250 g/mol. The molecule has 0 amide bonds. The number of aryl methyl sites for hydroxylation is 1. The van der Waals surface area contributed by atoms with Crippen LogP contribution in [0, 0.1) is 0 Å². The minimum atomic E-state index is -0.282. The molecular weight excluding hydrogens is 237 g/mol. The Kier molecular flexibility index (Phi) is 4.57. The second-order valence-electron chi connectivity index (χ2n) is 3.50. The molecule has 15 heavy (non-hydrogen) atoms. The van der Waals surface area contributed by atoms with Crippen molar-refractivity contribution in [3.63, 3.8) is 0 Å². The monoisotopic (exact) mass is 249 g/mol. The third-order valence-corrected chi connectivity index (χ3v) is 2.67. The van der Waals surface area contributed by atoms with E-state index in [-0.39, 0.29) is 15.7 Å². The quantitative estimate of drug-likeness (QED) is 0.760. The van der Waals surface area contributed by atoms with Crippen LogP contribution in [0.4, 0.5) is 0 Å². The van der Waals surface area contributed by atoms with Crippen LogP contribution in [0.1, 0.15) is 6.42 Å². The second-order valence-corrected chi connectivity index (χ2v) is 4.24. The van der Waals surface area contributed by atoms with Crippen LogP contribution < -0.4 is 5.56 Å². The van der Waals surface area contributed by atoms with E-state index in [1.54, 1.807) is 0 Å². The van der Waals surface area contributed by atoms with Gasteiger partial charge >= 0.3 is 0 Å². The molecule has 0 aromatic carbocycles. The Morgan fingerprint density at radius 1 is 1.47 bits per heavy atom. The molecule has 6 heteroatoms. The molecule has 0 unspecified atom stereocenters. The van der Waals surface area contributed by atoms with Gasteiger partial charge in [0, 0.05) is 6.54 Å². The summed E-state index contributed by atoms with van der Waals surface area (Å²) in [5.41, 5.74) is -0.282. The second kappa shape index (κ2) is 5.49. The van der Waals surface area contributed by atoms with Crippen LogP contribution in [0.5, 0.6) is 0 Å². The summed E-state index contributed by atoms with van der Waals surface area (Å²) in [5.74, 6) is 0. The van der Waals surface area contributed by atoms with Crippen LogP contribution in [-0.2, 0) is 6.54 Å². The lowest BCUT2D eigenvalue weighted by atomic mass is 10.4. The molecule has 1 rings (SSSR count). The van der Waals surface area contributed by atoms with Crippen LogP contribution >= 0.6 is 23.2 Å². The number of rotatable bonds is 4. The molecule has 0 fully saturated rings. The summed E-state index contributed by atoms with van der Waals surface area (Å²) in [5, 5.41) is 0.0505. The van der Waals surface area contributed by atoms with Gasteiger partial charge in [-0.1, -0.05) is 23.2 Å². The highest BCUT2D eigenvalue weighted by Crippen LogP contribution is 2.12. The predicted molar refractivity (Wildman–Crippen MR) is 61.7 cm³/mol. The molecule has 0 saturated heterocycles. The van der Waals surface area contributed by atoms with Crippen molar-refractivity contribution in [3.8, 4) is 0 Å². The smallest absolute Gasteiger partial charge is 0.273 e. The molecule has 0 aliphatic carbocycles. The highest BCUT2D eigenvalue weighted by atomic mass is 35.5.